The number of hydrogen-bond acceptors (Lipinski definition) is 6. The van der Waals surface area contributed by atoms with Crippen molar-refractivity contribution < 1.29 is 27.9 Å². The van der Waals surface area contributed by atoms with Crippen LogP contribution in [0.4, 0.5) is 18.0 Å². The Balaban J connectivity index is 1.39. The van der Waals surface area contributed by atoms with Gasteiger partial charge in [0.05, 0.1) is 40.9 Å². The molecular weight excluding hydrogens is 529 g/mol. The first-order chi connectivity index (χ1) is 17.5. The molecular formula is C25H22ClF3N4O3S. The van der Waals surface area contributed by atoms with E-state index in [9.17, 15) is 27.9 Å². The number of hydrogen-bond donors (Lipinski definition) is 1. The van der Waals surface area contributed by atoms with Crippen LogP contribution in [0.1, 0.15) is 23.1 Å². The van der Waals surface area contributed by atoms with Gasteiger partial charge in [0, 0.05) is 23.5 Å². The first-order valence-corrected chi connectivity index (χ1v) is 12.7. The van der Waals surface area contributed by atoms with Gasteiger partial charge in [0.1, 0.15) is 0 Å². The number of benzene rings is 2. The van der Waals surface area contributed by atoms with Crippen LogP contribution in [0.5, 0.6) is 0 Å². The molecule has 3 heterocycles. The van der Waals surface area contributed by atoms with Gasteiger partial charge in [-0.1, -0.05) is 23.7 Å². The number of β-amino-alcohol motifs (C(OH)–C–C–N with tert-alkyl or cyclic N) is 1. The molecule has 1 N–H and O–H groups in total. The molecule has 0 unspecified atom stereocenters. The Morgan fingerprint density at radius 2 is 2.00 bits per heavy atom. The molecule has 2 aromatic carbocycles. The molecule has 2 aliphatic heterocycles. The number of likely N-dealkylation sites (N-methyl/N-ethyl adjacent to an activating group) is 1. The largest absolute Gasteiger partial charge is 0.416 e. The molecule has 2 fully saturated rings. The summed E-state index contributed by atoms with van der Waals surface area (Å²) in [4.78, 5) is 29.0. The number of carbonyl (C=O) groups is 2. The molecule has 0 radical (unpaired) electrons. The second-order valence-electron chi connectivity index (χ2n) is 9.16. The van der Waals surface area contributed by atoms with Crippen LogP contribution in [0.15, 0.2) is 47.5 Å². The second-order valence-corrected chi connectivity index (χ2v) is 10.6. The first-order valence-electron chi connectivity index (χ1n) is 11.5. The van der Waals surface area contributed by atoms with E-state index in [2.05, 4.69) is 5.10 Å². The monoisotopic (exact) mass is 550 g/mol. The fourth-order valence-corrected chi connectivity index (χ4v) is 5.79. The number of aromatic nitrogens is 2. The Labute approximate surface area is 219 Å². The van der Waals surface area contributed by atoms with Crippen LogP contribution in [-0.2, 0) is 17.5 Å². The highest BCUT2D eigenvalue weighted by atomic mass is 35.5. The molecule has 0 spiro atoms. The predicted octanol–water partition coefficient (Wildman–Crippen LogP) is 4.86. The lowest BCUT2D eigenvalue weighted by Crippen LogP contribution is -2.54. The number of alkyl halides is 3. The van der Waals surface area contributed by atoms with Crippen molar-refractivity contribution in [3.05, 3.63) is 69.2 Å². The minimum absolute atomic E-state index is 0.000728. The number of thioether (sulfide) groups is 1. The molecule has 7 nitrogen and oxygen atoms in total. The highest BCUT2D eigenvalue weighted by Gasteiger charge is 2.43. The zero-order valence-corrected chi connectivity index (χ0v) is 21.1. The molecule has 2 atom stereocenters. The summed E-state index contributed by atoms with van der Waals surface area (Å²) in [5.74, 6) is -0.443. The Morgan fingerprint density at radius 3 is 2.73 bits per heavy atom. The zero-order valence-electron chi connectivity index (χ0n) is 19.6. The fourth-order valence-electron chi connectivity index (χ4n) is 4.73. The molecule has 194 valence electrons. The maximum Gasteiger partial charge on any atom is 0.416 e. The third-order valence-electron chi connectivity index (χ3n) is 6.57. The highest BCUT2D eigenvalue weighted by Crippen LogP contribution is 2.37. The number of imide groups is 1. The Morgan fingerprint density at radius 1 is 1.22 bits per heavy atom. The van der Waals surface area contributed by atoms with Crippen molar-refractivity contribution >= 4 is 51.5 Å². The van der Waals surface area contributed by atoms with Crippen LogP contribution in [0.3, 0.4) is 0 Å². The van der Waals surface area contributed by atoms with Gasteiger partial charge in [-0.3, -0.25) is 19.2 Å². The van der Waals surface area contributed by atoms with Crippen molar-refractivity contribution in [2.24, 2.45) is 0 Å². The Kier molecular flexibility index (Phi) is 6.82. The summed E-state index contributed by atoms with van der Waals surface area (Å²) in [5.41, 5.74) is 0.480. The van der Waals surface area contributed by atoms with Crippen molar-refractivity contribution in [2.75, 3.05) is 20.1 Å². The summed E-state index contributed by atoms with van der Waals surface area (Å²) < 4.78 is 41.9. The second kappa shape index (κ2) is 9.79. The maximum absolute atomic E-state index is 13.5. The average molecular weight is 551 g/mol. The summed E-state index contributed by atoms with van der Waals surface area (Å²) in [5, 5.41) is 14.9. The van der Waals surface area contributed by atoms with Gasteiger partial charge in [-0.25, -0.2) is 0 Å². The van der Waals surface area contributed by atoms with Crippen LogP contribution < -0.4 is 0 Å². The number of amides is 2. The summed E-state index contributed by atoms with van der Waals surface area (Å²) >= 11 is 6.61. The smallest absolute Gasteiger partial charge is 0.390 e. The van der Waals surface area contributed by atoms with E-state index in [0.29, 0.717) is 36.0 Å². The standard InChI is InChI=1S/C25H22ClF3N4O3S/c1-31-7-6-20(21(34)13-31)33-23(35)22(37-24(33)36)9-14-2-5-19-16(8-14)11-30-32(19)12-15-3-4-17(26)10-18(15)25(27,28)29/h2-5,8-11,20-21,34H,6-7,12-13H2,1H3/b22-9-/t20-,21-/m0/s1. The van der Waals surface area contributed by atoms with Gasteiger partial charge in [0.25, 0.3) is 11.1 Å². The normalized spacial score (nSPS) is 22.5. The molecule has 2 saturated heterocycles. The number of halogens is 4. The van der Waals surface area contributed by atoms with Crippen LogP contribution >= 0.6 is 23.4 Å². The molecule has 5 rings (SSSR count). The van der Waals surface area contributed by atoms with E-state index in [4.69, 9.17) is 11.6 Å². The van der Waals surface area contributed by atoms with Crippen molar-refractivity contribution in [1.29, 1.82) is 0 Å². The molecule has 0 aliphatic carbocycles. The summed E-state index contributed by atoms with van der Waals surface area (Å²) in [6.45, 7) is 0.947. The average Bonchev–Trinajstić information content (AvgIpc) is 3.34. The number of aliphatic hydroxyl groups excluding tert-OH is 1. The third-order valence-corrected chi connectivity index (χ3v) is 7.68. The number of likely N-dealkylation sites (tertiary alicyclic amines) is 1. The molecule has 2 aliphatic rings. The van der Waals surface area contributed by atoms with Crippen LogP contribution in [-0.4, -0.2) is 68.1 Å². The molecule has 37 heavy (non-hydrogen) atoms. The Hall–Kier alpha value is -2.86. The number of piperidine rings is 1. The quantitative estimate of drug-likeness (QED) is 0.468. The molecule has 1 aromatic heterocycles. The highest BCUT2D eigenvalue weighted by molar-refractivity contribution is 8.18. The zero-order chi connectivity index (χ0) is 26.5. The van der Waals surface area contributed by atoms with Gasteiger partial charge < -0.3 is 10.0 Å². The fraction of sp³-hybridized carbons (Fsp3) is 0.320. The lowest BCUT2D eigenvalue weighted by molar-refractivity contribution is -0.138. The molecule has 0 bridgehead atoms. The van der Waals surface area contributed by atoms with Crippen molar-refractivity contribution in [1.82, 2.24) is 19.6 Å². The topological polar surface area (TPSA) is 78.7 Å². The van der Waals surface area contributed by atoms with Gasteiger partial charge >= 0.3 is 6.18 Å². The van der Waals surface area contributed by atoms with Crippen LogP contribution in [0.25, 0.3) is 17.0 Å². The van der Waals surface area contributed by atoms with E-state index in [1.165, 1.54) is 23.0 Å². The molecule has 2 amide bonds. The van der Waals surface area contributed by atoms with Crippen LogP contribution in [0.2, 0.25) is 5.02 Å². The summed E-state index contributed by atoms with van der Waals surface area (Å²) in [6.07, 6.45) is -1.73. The van der Waals surface area contributed by atoms with E-state index < -0.39 is 35.0 Å². The number of aliphatic hydroxyl groups is 1. The van der Waals surface area contributed by atoms with Gasteiger partial charge in [-0.2, -0.15) is 18.3 Å². The lowest BCUT2D eigenvalue weighted by Gasteiger charge is -2.37. The molecule has 0 saturated carbocycles. The third kappa shape index (κ3) is 5.13. The van der Waals surface area contributed by atoms with Crippen molar-refractivity contribution in [3.63, 3.8) is 0 Å². The first kappa shape index (κ1) is 25.8. The number of carbonyl (C=O) groups excluding carboxylic acids is 2. The van der Waals surface area contributed by atoms with Gasteiger partial charge in [0.2, 0.25) is 0 Å². The van der Waals surface area contributed by atoms with Crippen molar-refractivity contribution in [3.8, 4) is 0 Å². The van der Waals surface area contributed by atoms with E-state index >= 15 is 0 Å². The van der Waals surface area contributed by atoms with E-state index in [1.807, 2.05) is 11.9 Å². The SMILES string of the molecule is CN1CC[C@H](N2C(=O)S/C(=C\c3ccc4c(cnn4Cc4ccc(Cl)cc4C(F)(F)F)c3)C2=O)[C@@H](O)C1. The number of fused-ring (bicyclic) bond motifs is 1. The minimum Gasteiger partial charge on any atom is -0.390 e. The van der Waals surface area contributed by atoms with E-state index in [0.717, 1.165) is 22.7 Å². The molecule has 12 heteroatoms. The van der Waals surface area contributed by atoms with Gasteiger partial charge in [-0.05, 0) is 66.7 Å². The molecule has 3 aromatic rings. The summed E-state index contributed by atoms with van der Waals surface area (Å²) in [6, 6.07) is 8.26. The number of nitrogens with zero attached hydrogens (tertiary/aromatic N) is 4. The van der Waals surface area contributed by atoms with Crippen molar-refractivity contribution in [2.45, 2.75) is 31.3 Å². The summed E-state index contributed by atoms with van der Waals surface area (Å²) in [7, 11) is 1.87. The lowest BCUT2D eigenvalue weighted by atomic mass is 10.0. The minimum atomic E-state index is -4.55. The van der Waals surface area contributed by atoms with E-state index in [-0.39, 0.29) is 22.0 Å². The number of rotatable bonds is 4. The van der Waals surface area contributed by atoms with Gasteiger partial charge in [0.15, 0.2) is 0 Å². The van der Waals surface area contributed by atoms with Crippen LogP contribution in [0, 0.1) is 0 Å². The van der Waals surface area contributed by atoms with E-state index in [1.54, 1.807) is 24.3 Å². The van der Waals surface area contributed by atoms with Gasteiger partial charge in [-0.15, -0.1) is 0 Å². The Bertz CT molecular complexity index is 1420. The predicted molar refractivity (Wildman–Crippen MR) is 135 cm³/mol. The maximum atomic E-state index is 13.5.